The Balaban J connectivity index is 2.37. The predicted molar refractivity (Wildman–Crippen MR) is 68.7 cm³/mol. The molecule has 6 nitrogen and oxygen atoms in total. The molecule has 110 valence electrons. The van der Waals surface area contributed by atoms with E-state index in [1.807, 2.05) is 13.8 Å². The minimum absolute atomic E-state index is 0.134. The molecule has 1 aliphatic rings. The molecular weight excluding hydrogens is 250 g/mol. The van der Waals surface area contributed by atoms with Gasteiger partial charge in [0.05, 0.1) is 12.6 Å². The predicted octanol–water partition coefficient (Wildman–Crippen LogP) is 0.652. The van der Waals surface area contributed by atoms with Gasteiger partial charge < -0.3 is 19.9 Å². The van der Waals surface area contributed by atoms with Crippen molar-refractivity contribution in [3.8, 4) is 0 Å². The van der Waals surface area contributed by atoms with Crippen LogP contribution in [-0.4, -0.2) is 48.4 Å². The molecule has 1 amide bonds. The van der Waals surface area contributed by atoms with Gasteiger partial charge in [0, 0.05) is 6.61 Å². The van der Waals surface area contributed by atoms with Gasteiger partial charge in [0.2, 0.25) is 0 Å². The van der Waals surface area contributed by atoms with E-state index in [1.165, 1.54) is 0 Å². The number of carboxylic acid groups (broad SMARTS) is 1. The fraction of sp³-hybridized carbons (Fsp3) is 0.846. The quantitative estimate of drug-likeness (QED) is 0.634. The molecule has 6 heteroatoms. The summed E-state index contributed by atoms with van der Waals surface area (Å²) >= 11 is 0. The lowest BCUT2D eigenvalue weighted by molar-refractivity contribution is -0.138. The van der Waals surface area contributed by atoms with Crippen LogP contribution < -0.4 is 5.32 Å². The van der Waals surface area contributed by atoms with Crippen LogP contribution in [0.1, 0.15) is 27.7 Å². The van der Waals surface area contributed by atoms with Crippen molar-refractivity contribution in [1.82, 2.24) is 5.32 Å². The van der Waals surface area contributed by atoms with Crippen molar-refractivity contribution < 1.29 is 24.2 Å². The van der Waals surface area contributed by atoms with Gasteiger partial charge in [-0.2, -0.15) is 0 Å². The van der Waals surface area contributed by atoms with E-state index in [-0.39, 0.29) is 17.9 Å². The largest absolute Gasteiger partial charge is 0.479 e. The highest BCUT2D eigenvalue weighted by Gasteiger charge is 2.51. The van der Waals surface area contributed by atoms with Crippen LogP contribution in [0.25, 0.3) is 0 Å². The summed E-state index contributed by atoms with van der Waals surface area (Å²) in [6.07, 6.45) is -1.85. The topological polar surface area (TPSA) is 88.2 Å². The van der Waals surface area contributed by atoms with Gasteiger partial charge in [-0.3, -0.25) is 4.79 Å². The third-order valence-corrected chi connectivity index (χ3v) is 2.87. The van der Waals surface area contributed by atoms with Gasteiger partial charge in [0.25, 0.3) is 5.91 Å². The molecule has 0 aromatic heterocycles. The standard InChI is InChI=1S/C13H23NO5/c1-7(2)5-18-6-9(8(3)4)14-12(15)10-11(19-10)13(16)17/h7-11H,5-6H2,1-4H3,(H,14,15)(H,16,17)/t9-,10+,11+/m1/s1. The zero-order valence-electron chi connectivity index (χ0n) is 11.9. The summed E-state index contributed by atoms with van der Waals surface area (Å²) in [7, 11) is 0. The lowest BCUT2D eigenvalue weighted by Gasteiger charge is -2.22. The second-order valence-corrected chi connectivity index (χ2v) is 5.61. The van der Waals surface area contributed by atoms with Crippen LogP contribution >= 0.6 is 0 Å². The van der Waals surface area contributed by atoms with Crippen molar-refractivity contribution in [1.29, 1.82) is 0 Å². The second kappa shape index (κ2) is 6.86. The molecular formula is C13H23NO5. The highest BCUT2D eigenvalue weighted by molar-refractivity contribution is 5.92. The molecule has 0 bridgehead atoms. The van der Waals surface area contributed by atoms with Crippen molar-refractivity contribution in [2.45, 2.75) is 45.9 Å². The molecule has 0 unspecified atom stereocenters. The van der Waals surface area contributed by atoms with E-state index in [0.717, 1.165) is 0 Å². The Bertz CT molecular complexity index is 329. The molecule has 19 heavy (non-hydrogen) atoms. The monoisotopic (exact) mass is 273 g/mol. The van der Waals surface area contributed by atoms with Gasteiger partial charge in [-0.05, 0) is 11.8 Å². The zero-order valence-corrected chi connectivity index (χ0v) is 11.9. The summed E-state index contributed by atoms with van der Waals surface area (Å²) in [6, 6.07) is -0.134. The van der Waals surface area contributed by atoms with E-state index in [4.69, 9.17) is 14.6 Å². The van der Waals surface area contributed by atoms with Crippen LogP contribution in [0.2, 0.25) is 0 Å². The maximum atomic E-state index is 11.8. The summed E-state index contributed by atoms with van der Waals surface area (Å²) in [4.78, 5) is 22.4. The van der Waals surface area contributed by atoms with Gasteiger partial charge in [-0.1, -0.05) is 27.7 Å². The van der Waals surface area contributed by atoms with Crippen LogP contribution in [0.15, 0.2) is 0 Å². The Kier molecular flexibility index (Phi) is 5.75. The van der Waals surface area contributed by atoms with Gasteiger partial charge in [0.15, 0.2) is 12.2 Å². The summed E-state index contributed by atoms with van der Waals surface area (Å²) in [5, 5.41) is 11.5. The van der Waals surface area contributed by atoms with Crippen molar-refractivity contribution >= 4 is 11.9 Å². The first-order valence-electron chi connectivity index (χ1n) is 6.59. The van der Waals surface area contributed by atoms with Crippen LogP contribution in [0.4, 0.5) is 0 Å². The molecule has 0 saturated carbocycles. The number of hydrogen-bond donors (Lipinski definition) is 2. The van der Waals surface area contributed by atoms with Gasteiger partial charge in [-0.25, -0.2) is 4.79 Å². The Labute approximate surface area is 113 Å². The van der Waals surface area contributed by atoms with Crippen molar-refractivity contribution in [2.24, 2.45) is 11.8 Å². The maximum absolute atomic E-state index is 11.8. The minimum Gasteiger partial charge on any atom is -0.479 e. The SMILES string of the molecule is CC(C)COC[C@@H](NC(=O)[C@H]1O[C@@H]1C(=O)O)C(C)C. The van der Waals surface area contributed by atoms with E-state index in [2.05, 4.69) is 19.2 Å². The fourth-order valence-electron chi connectivity index (χ4n) is 1.60. The number of rotatable bonds is 8. The molecule has 1 rings (SSSR count). The first kappa shape index (κ1) is 15.9. The van der Waals surface area contributed by atoms with Crippen LogP contribution in [-0.2, 0) is 19.1 Å². The summed E-state index contributed by atoms with van der Waals surface area (Å²) in [5.74, 6) is -0.832. The number of carboxylic acids is 1. The Hall–Kier alpha value is -1.14. The lowest BCUT2D eigenvalue weighted by Crippen LogP contribution is -2.44. The normalized spacial score (nSPS) is 23.5. The number of carbonyl (C=O) groups is 2. The second-order valence-electron chi connectivity index (χ2n) is 5.61. The molecule has 2 N–H and O–H groups in total. The molecule has 0 aliphatic carbocycles. The highest BCUT2D eigenvalue weighted by atomic mass is 16.6. The molecule has 0 spiro atoms. The van der Waals surface area contributed by atoms with E-state index in [9.17, 15) is 9.59 Å². The Morgan fingerprint density at radius 1 is 1.21 bits per heavy atom. The molecule has 1 fully saturated rings. The van der Waals surface area contributed by atoms with E-state index < -0.39 is 18.2 Å². The minimum atomic E-state index is -1.10. The lowest BCUT2D eigenvalue weighted by atomic mass is 10.0. The molecule has 0 radical (unpaired) electrons. The molecule has 1 heterocycles. The highest BCUT2D eigenvalue weighted by Crippen LogP contribution is 2.22. The number of aliphatic carboxylic acids is 1. The number of ether oxygens (including phenoxy) is 2. The third kappa shape index (κ3) is 5.16. The molecule has 0 aromatic rings. The summed E-state index contributed by atoms with van der Waals surface area (Å²) in [6.45, 7) is 9.12. The van der Waals surface area contributed by atoms with E-state index in [1.54, 1.807) is 0 Å². The molecule has 3 atom stereocenters. The number of hydrogen-bond acceptors (Lipinski definition) is 4. The number of nitrogens with one attached hydrogen (secondary N) is 1. The molecule has 0 aromatic carbocycles. The molecule has 1 aliphatic heterocycles. The zero-order chi connectivity index (χ0) is 14.6. The van der Waals surface area contributed by atoms with Crippen LogP contribution in [0.3, 0.4) is 0 Å². The average molecular weight is 273 g/mol. The van der Waals surface area contributed by atoms with Gasteiger partial charge in [-0.15, -0.1) is 0 Å². The van der Waals surface area contributed by atoms with E-state index >= 15 is 0 Å². The van der Waals surface area contributed by atoms with E-state index in [0.29, 0.717) is 19.1 Å². The molecule has 1 saturated heterocycles. The van der Waals surface area contributed by atoms with Crippen molar-refractivity contribution in [3.05, 3.63) is 0 Å². The van der Waals surface area contributed by atoms with Crippen LogP contribution in [0, 0.1) is 11.8 Å². The first-order valence-corrected chi connectivity index (χ1v) is 6.59. The third-order valence-electron chi connectivity index (χ3n) is 2.87. The van der Waals surface area contributed by atoms with Gasteiger partial charge in [0.1, 0.15) is 0 Å². The Morgan fingerprint density at radius 2 is 1.84 bits per heavy atom. The maximum Gasteiger partial charge on any atom is 0.336 e. The van der Waals surface area contributed by atoms with Crippen molar-refractivity contribution in [3.63, 3.8) is 0 Å². The first-order chi connectivity index (χ1) is 8.82. The fourth-order valence-corrected chi connectivity index (χ4v) is 1.60. The average Bonchev–Trinajstić information content (AvgIpc) is 3.06. The number of epoxide rings is 1. The summed E-state index contributed by atoms with van der Waals surface area (Å²) in [5.41, 5.74) is 0. The smallest absolute Gasteiger partial charge is 0.336 e. The Morgan fingerprint density at radius 3 is 2.26 bits per heavy atom. The number of carbonyl (C=O) groups excluding carboxylic acids is 1. The summed E-state index contributed by atoms with van der Waals surface area (Å²) < 4.78 is 10.3. The number of amides is 1. The van der Waals surface area contributed by atoms with Gasteiger partial charge >= 0.3 is 5.97 Å². The van der Waals surface area contributed by atoms with Crippen molar-refractivity contribution in [2.75, 3.05) is 13.2 Å². The van der Waals surface area contributed by atoms with Crippen LogP contribution in [0.5, 0.6) is 0 Å².